The molecule has 1 saturated heterocycles. The van der Waals surface area contributed by atoms with Gasteiger partial charge < -0.3 is 10.1 Å². The van der Waals surface area contributed by atoms with E-state index >= 15 is 0 Å². The first-order valence-electron chi connectivity index (χ1n) is 8.27. The van der Waals surface area contributed by atoms with Gasteiger partial charge in [0.05, 0.1) is 12.2 Å². The van der Waals surface area contributed by atoms with Crippen LogP contribution in [0.2, 0.25) is 0 Å². The molecular weight excluding hydrogens is 318 g/mol. The third kappa shape index (κ3) is 3.24. The highest BCUT2D eigenvalue weighted by Gasteiger charge is 2.23. The maximum absolute atomic E-state index is 11.7. The molecule has 0 aliphatic carbocycles. The number of hydrogen-bond donors (Lipinski definition) is 1. The lowest BCUT2D eigenvalue weighted by atomic mass is 10.0. The molecule has 128 valence electrons. The van der Waals surface area contributed by atoms with Gasteiger partial charge in [-0.15, -0.1) is 5.10 Å². The van der Waals surface area contributed by atoms with E-state index in [1.165, 1.54) is 0 Å². The summed E-state index contributed by atoms with van der Waals surface area (Å²) in [5, 5.41) is 21.1. The lowest BCUT2D eigenvalue weighted by Gasteiger charge is -2.15. The van der Waals surface area contributed by atoms with E-state index in [1.54, 1.807) is 4.90 Å². The molecule has 1 aromatic heterocycles. The molecule has 7 nitrogen and oxygen atoms in total. The number of ether oxygens (including phenoxy) is 1. The number of anilines is 3. The molecule has 0 spiro atoms. The minimum atomic E-state index is -0.352. The van der Waals surface area contributed by atoms with Crippen LogP contribution in [-0.2, 0) is 17.6 Å². The fourth-order valence-electron chi connectivity index (χ4n) is 2.90. The lowest BCUT2D eigenvalue weighted by Crippen LogP contribution is -2.23. The van der Waals surface area contributed by atoms with Gasteiger partial charge in [-0.3, -0.25) is 4.90 Å². The first-order valence-corrected chi connectivity index (χ1v) is 8.27. The number of nitrogens with one attached hydrogen (secondary N) is 1. The lowest BCUT2D eigenvalue weighted by molar-refractivity contribution is 0.181. The molecule has 0 saturated carbocycles. The summed E-state index contributed by atoms with van der Waals surface area (Å²) >= 11 is 0. The van der Waals surface area contributed by atoms with Crippen molar-refractivity contribution >= 4 is 23.3 Å². The van der Waals surface area contributed by atoms with Crippen molar-refractivity contribution in [2.75, 3.05) is 23.4 Å². The van der Waals surface area contributed by atoms with E-state index < -0.39 is 0 Å². The van der Waals surface area contributed by atoms with Gasteiger partial charge in [0.25, 0.3) is 0 Å². The molecule has 3 rings (SSSR count). The van der Waals surface area contributed by atoms with E-state index in [-0.39, 0.29) is 6.09 Å². The number of rotatable bonds is 5. The maximum Gasteiger partial charge on any atom is 0.414 e. The molecule has 0 radical (unpaired) electrons. The number of aromatic nitrogens is 2. The number of hydrogen-bond acceptors (Lipinski definition) is 6. The molecule has 1 fully saturated rings. The van der Waals surface area contributed by atoms with E-state index in [0.717, 1.165) is 35.5 Å². The molecule has 0 unspecified atom stereocenters. The first kappa shape index (κ1) is 16.7. The van der Waals surface area contributed by atoms with E-state index in [1.807, 2.05) is 38.1 Å². The van der Waals surface area contributed by atoms with Crippen molar-refractivity contribution < 1.29 is 9.53 Å². The second kappa shape index (κ2) is 7.18. The van der Waals surface area contributed by atoms with Crippen LogP contribution in [0.3, 0.4) is 0 Å². The van der Waals surface area contributed by atoms with Crippen LogP contribution >= 0.6 is 0 Å². The summed E-state index contributed by atoms with van der Waals surface area (Å²) in [4.78, 5) is 13.3. The number of benzene rings is 1. The molecule has 1 aromatic carbocycles. The fourth-order valence-corrected chi connectivity index (χ4v) is 2.90. The molecule has 0 bridgehead atoms. The molecule has 1 aliphatic heterocycles. The highest BCUT2D eigenvalue weighted by atomic mass is 16.6. The number of cyclic esters (lactones) is 1. The zero-order valence-corrected chi connectivity index (χ0v) is 14.2. The molecule has 1 N–H and O–H groups in total. The number of carbonyl (C=O) groups excluding carboxylic acids is 1. The van der Waals surface area contributed by atoms with Gasteiger partial charge in [-0.1, -0.05) is 19.9 Å². The predicted octanol–water partition coefficient (Wildman–Crippen LogP) is 3.17. The van der Waals surface area contributed by atoms with Crippen molar-refractivity contribution in [3.8, 4) is 6.07 Å². The topological polar surface area (TPSA) is 91.1 Å². The Labute approximate surface area is 146 Å². The van der Waals surface area contributed by atoms with Crippen molar-refractivity contribution in [1.29, 1.82) is 5.26 Å². The Morgan fingerprint density at radius 1 is 1.32 bits per heavy atom. The monoisotopic (exact) mass is 337 g/mol. The van der Waals surface area contributed by atoms with E-state index in [2.05, 4.69) is 21.6 Å². The second-order valence-electron chi connectivity index (χ2n) is 5.61. The van der Waals surface area contributed by atoms with Crippen LogP contribution in [-0.4, -0.2) is 29.4 Å². The van der Waals surface area contributed by atoms with Crippen LogP contribution < -0.4 is 10.2 Å². The molecule has 0 atom stereocenters. The third-order valence-electron chi connectivity index (χ3n) is 4.14. The highest BCUT2D eigenvalue weighted by Crippen LogP contribution is 2.27. The van der Waals surface area contributed by atoms with Crippen molar-refractivity contribution in [3.05, 3.63) is 41.1 Å². The molecule has 2 heterocycles. The van der Waals surface area contributed by atoms with Crippen molar-refractivity contribution in [2.24, 2.45) is 0 Å². The number of amides is 1. The van der Waals surface area contributed by atoms with Gasteiger partial charge in [-0.2, -0.15) is 10.4 Å². The second-order valence-corrected chi connectivity index (χ2v) is 5.61. The zero-order valence-electron chi connectivity index (χ0n) is 14.2. The standard InChI is InChI=1S/C18H19N5O2/c1-3-14-15(11-19)17(22-21-16(14)4-2)20-12-6-5-7-13(10-12)23-8-9-25-18(23)24/h5-7,10H,3-4,8-9H2,1-2H3,(H,20,22). The Balaban J connectivity index is 1.93. The zero-order chi connectivity index (χ0) is 17.8. The van der Waals surface area contributed by atoms with Crippen LogP contribution in [0.4, 0.5) is 22.0 Å². The molecular formula is C18H19N5O2. The van der Waals surface area contributed by atoms with Crippen LogP contribution in [0.1, 0.15) is 30.7 Å². The van der Waals surface area contributed by atoms with Crippen LogP contribution in [0.5, 0.6) is 0 Å². The Bertz CT molecular complexity index is 844. The van der Waals surface area contributed by atoms with Gasteiger partial charge in [-0.05, 0) is 36.6 Å². The van der Waals surface area contributed by atoms with Gasteiger partial charge in [0.15, 0.2) is 5.82 Å². The summed E-state index contributed by atoms with van der Waals surface area (Å²) in [6.07, 6.45) is 1.10. The van der Waals surface area contributed by atoms with Crippen LogP contribution in [0.15, 0.2) is 24.3 Å². The van der Waals surface area contributed by atoms with E-state index in [9.17, 15) is 10.1 Å². The number of carbonyl (C=O) groups is 1. The van der Waals surface area contributed by atoms with Crippen molar-refractivity contribution in [1.82, 2.24) is 10.2 Å². The smallest absolute Gasteiger partial charge is 0.414 e. The van der Waals surface area contributed by atoms with Crippen molar-refractivity contribution in [2.45, 2.75) is 26.7 Å². The summed E-state index contributed by atoms with van der Waals surface area (Å²) in [5.74, 6) is 0.428. The minimum Gasteiger partial charge on any atom is -0.447 e. The normalized spacial score (nSPS) is 13.5. The summed E-state index contributed by atoms with van der Waals surface area (Å²) in [6.45, 7) is 4.91. The van der Waals surface area contributed by atoms with Gasteiger partial charge in [-0.25, -0.2) is 4.79 Å². The first-order chi connectivity index (χ1) is 12.2. The van der Waals surface area contributed by atoms with Crippen molar-refractivity contribution in [3.63, 3.8) is 0 Å². The number of aryl methyl sites for hydroxylation is 1. The molecule has 25 heavy (non-hydrogen) atoms. The Kier molecular flexibility index (Phi) is 4.80. The number of nitrogens with zero attached hydrogens (tertiary/aromatic N) is 4. The molecule has 1 amide bonds. The maximum atomic E-state index is 11.7. The van der Waals surface area contributed by atoms with Gasteiger partial charge in [0, 0.05) is 11.4 Å². The third-order valence-corrected chi connectivity index (χ3v) is 4.14. The SMILES string of the molecule is CCc1nnc(Nc2cccc(N3CCOC3=O)c2)c(C#N)c1CC. The predicted molar refractivity (Wildman–Crippen MR) is 93.9 cm³/mol. The fraction of sp³-hybridized carbons (Fsp3) is 0.333. The minimum absolute atomic E-state index is 0.352. The summed E-state index contributed by atoms with van der Waals surface area (Å²) in [6, 6.07) is 9.60. The van der Waals surface area contributed by atoms with Gasteiger partial charge in [0.1, 0.15) is 18.2 Å². The molecule has 2 aromatic rings. The van der Waals surface area contributed by atoms with Crippen LogP contribution in [0, 0.1) is 11.3 Å². The summed E-state index contributed by atoms with van der Waals surface area (Å²) in [7, 11) is 0. The van der Waals surface area contributed by atoms with E-state index in [4.69, 9.17) is 4.74 Å². The average molecular weight is 337 g/mol. The van der Waals surface area contributed by atoms with E-state index in [0.29, 0.717) is 24.5 Å². The summed E-state index contributed by atoms with van der Waals surface area (Å²) < 4.78 is 4.97. The summed E-state index contributed by atoms with van der Waals surface area (Å²) in [5.41, 5.74) is 3.74. The van der Waals surface area contributed by atoms with Gasteiger partial charge in [0.2, 0.25) is 0 Å². The largest absolute Gasteiger partial charge is 0.447 e. The Morgan fingerprint density at radius 2 is 2.16 bits per heavy atom. The molecule has 7 heteroatoms. The molecule has 1 aliphatic rings. The Morgan fingerprint density at radius 3 is 2.80 bits per heavy atom. The highest BCUT2D eigenvalue weighted by molar-refractivity contribution is 5.90. The Hall–Kier alpha value is -3.14. The average Bonchev–Trinajstić information content (AvgIpc) is 3.07. The van der Waals surface area contributed by atoms with Gasteiger partial charge >= 0.3 is 6.09 Å². The quantitative estimate of drug-likeness (QED) is 0.901. The van der Waals surface area contributed by atoms with Crippen LogP contribution in [0.25, 0.3) is 0 Å². The number of nitriles is 1.